The van der Waals surface area contributed by atoms with Gasteiger partial charge >= 0.3 is 0 Å². The Labute approximate surface area is 137 Å². The maximum Gasteiger partial charge on any atom is 0.238 e. The number of thioether (sulfide) groups is 1. The lowest BCUT2D eigenvalue weighted by molar-refractivity contribution is -0.115. The molecule has 0 aliphatic carbocycles. The normalized spacial score (nSPS) is 18.3. The molecular weight excluding hydrogens is 346 g/mol. The third kappa shape index (κ3) is 3.01. The molecule has 3 rings (SSSR count). The van der Waals surface area contributed by atoms with Gasteiger partial charge in [0.1, 0.15) is 5.37 Å². The molecule has 1 saturated heterocycles. The van der Waals surface area contributed by atoms with E-state index < -0.39 is 0 Å². The summed E-state index contributed by atoms with van der Waals surface area (Å²) in [5, 5.41) is 0.0578. The molecule has 0 N–H and O–H groups in total. The minimum absolute atomic E-state index is 0.0578. The highest BCUT2D eigenvalue weighted by Crippen LogP contribution is 2.42. The predicted molar refractivity (Wildman–Crippen MR) is 92.6 cm³/mol. The van der Waals surface area contributed by atoms with E-state index in [1.807, 2.05) is 29.2 Å². The van der Waals surface area contributed by atoms with Crippen molar-refractivity contribution < 1.29 is 4.79 Å². The zero-order valence-electron chi connectivity index (χ0n) is 11.8. The maximum absolute atomic E-state index is 12.3. The molecule has 1 fully saturated rings. The summed E-state index contributed by atoms with van der Waals surface area (Å²) in [4.78, 5) is 14.2. The highest BCUT2D eigenvalue weighted by molar-refractivity contribution is 9.10. The van der Waals surface area contributed by atoms with E-state index in [9.17, 15) is 4.79 Å². The molecule has 1 aliphatic rings. The van der Waals surface area contributed by atoms with Gasteiger partial charge in [-0.25, -0.2) is 0 Å². The van der Waals surface area contributed by atoms with Crippen LogP contribution in [0.2, 0.25) is 0 Å². The Balaban J connectivity index is 1.95. The predicted octanol–water partition coefficient (Wildman–Crippen LogP) is 4.79. The Hall–Kier alpha value is -1.26. The minimum atomic E-state index is 0.0578. The Kier molecular flexibility index (Phi) is 4.36. The number of halogens is 1. The highest BCUT2D eigenvalue weighted by atomic mass is 79.9. The number of amides is 1. The second-order valence-electron chi connectivity index (χ2n) is 5.00. The molecule has 2 aromatic rings. The standard InChI is InChI=1S/C17H16BrNOS/c1-2-12-6-8-15(9-7-12)19-16(20)11-21-17(19)13-4-3-5-14(18)10-13/h3-10,17H,2,11H2,1H3/t17-/m1/s1. The van der Waals surface area contributed by atoms with Gasteiger partial charge in [-0.15, -0.1) is 11.8 Å². The lowest BCUT2D eigenvalue weighted by Gasteiger charge is -2.24. The van der Waals surface area contributed by atoms with Crippen LogP contribution in [0.15, 0.2) is 53.0 Å². The van der Waals surface area contributed by atoms with Crippen molar-refractivity contribution in [3.63, 3.8) is 0 Å². The topological polar surface area (TPSA) is 20.3 Å². The highest BCUT2D eigenvalue weighted by Gasteiger charge is 2.33. The van der Waals surface area contributed by atoms with Crippen LogP contribution in [0.4, 0.5) is 5.69 Å². The molecule has 2 nitrogen and oxygen atoms in total. The van der Waals surface area contributed by atoms with Gasteiger partial charge in [0.2, 0.25) is 5.91 Å². The number of carbonyl (C=O) groups is 1. The van der Waals surface area contributed by atoms with Crippen LogP contribution in [0.25, 0.3) is 0 Å². The third-order valence-electron chi connectivity index (χ3n) is 3.62. The van der Waals surface area contributed by atoms with Crippen LogP contribution < -0.4 is 4.90 Å². The quantitative estimate of drug-likeness (QED) is 0.783. The Morgan fingerprint density at radius 1 is 1.24 bits per heavy atom. The van der Waals surface area contributed by atoms with Crippen molar-refractivity contribution in [1.82, 2.24) is 0 Å². The number of hydrogen-bond acceptors (Lipinski definition) is 2. The van der Waals surface area contributed by atoms with Crippen molar-refractivity contribution in [3.8, 4) is 0 Å². The van der Waals surface area contributed by atoms with Gasteiger partial charge in [0, 0.05) is 10.2 Å². The fraction of sp³-hybridized carbons (Fsp3) is 0.235. The second-order valence-corrected chi connectivity index (χ2v) is 6.99. The van der Waals surface area contributed by atoms with E-state index >= 15 is 0 Å². The minimum Gasteiger partial charge on any atom is -0.295 e. The zero-order valence-corrected chi connectivity index (χ0v) is 14.2. The van der Waals surface area contributed by atoms with E-state index in [0.29, 0.717) is 5.75 Å². The van der Waals surface area contributed by atoms with Crippen molar-refractivity contribution in [2.45, 2.75) is 18.7 Å². The summed E-state index contributed by atoms with van der Waals surface area (Å²) in [6.07, 6.45) is 1.01. The van der Waals surface area contributed by atoms with Gasteiger partial charge in [-0.1, -0.05) is 47.1 Å². The summed E-state index contributed by atoms with van der Waals surface area (Å²) >= 11 is 5.19. The van der Waals surface area contributed by atoms with E-state index in [-0.39, 0.29) is 11.3 Å². The van der Waals surface area contributed by atoms with Crippen LogP contribution in [0, 0.1) is 0 Å². The molecule has 0 unspecified atom stereocenters. The monoisotopic (exact) mass is 361 g/mol. The molecule has 1 atom stereocenters. The third-order valence-corrected chi connectivity index (χ3v) is 5.33. The van der Waals surface area contributed by atoms with Crippen LogP contribution >= 0.6 is 27.7 Å². The molecule has 0 aromatic heterocycles. The summed E-state index contributed by atoms with van der Waals surface area (Å²) in [5.41, 5.74) is 3.42. The smallest absolute Gasteiger partial charge is 0.238 e. The molecule has 4 heteroatoms. The van der Waals surface area contributed by atoms with Crippen molar-refractivity contribution in [2.24, 2.45) is 0 Å². The molecule has 2 aromatic carbocycles. The van der Waals surface area contributed by atoms with Gasteiger partial charge in [-0.2, -0.15) is 0 Å². The van der Waals surface area contributed by atoms with Crippen molar-refractivity contribution in [1.29, 1.82) is 0 Å². The molecule has 1 aliphatic heterocycles. The molecule has 0 saturated carbocycles. The molecule has 1 amide bonds. The average molecular weight is 362 g/mol. The average Bonchev–Trinajstić information content (AvgIpc) is 2.89. The van der Waals surface area contributed by atoms with E-state index in [1.165, 1.54) is 5.56 Å². The summed E-state index contributed by atoms with van der Waals surface area (Å²) in [6.45, 7) is 2.14. The first kappa shape index (κ1) is 14.7. The van der Waals surface area contributed by atoms with Gasteiger partial charge in [-0.05, 0) is 41.8 Å². The molecule has 0 bridgehead atoms. The number of aryl methyl sites for hydroxylation is 1. The maximum atomic E-state index is 12.3. The van der Waals surface area contributed by atoms with Gasteiger partial charge in [0.15, 0.2) is 0 Å². The summed E-state index contributed by atoms with van der Waals surface area (Å²) in [6, 6.07) is 16.5. The number of benzene rings is 2. The number of hydrogen-bond donors (Lipinski definition) is 0. The molecule has 1 heterocycles. The number of anilines is 1. The van der Waals surface area contributed by atoms with Crippen molar-refractivity contribution in [3.05, 3.63) is 64.1 Å². The van der Waals surface area contributed by atoms with E-state index in [4.69, 9.17) is 0 Å². The second kappa shape index (κ2) is 6.24. The SMILES string of the molecule is CCc1ccc(N2C(=O)CS[C@@H]2c2cccc(Br)c2)cc1. The molecule has 0 spiro atoms. The van der Waals surface area contributed by atoms with Gasteiger partial charge in [0.05, 0.1) is 5.75 Å². The fourth-order valence-electron chi connectivity index (χ4n) is 2.50. The van der Waals surface area contributed by atoms with Crippen LogP contribution in [0.3, 0.4) is 0 Å². The van der Waals surface area contributed by atoms with Crippen LogP contribution in [0.1, 0.15) is 23.4 Å². The first-order valence-corrected chi connectivity index (χ1v) is 8.81. The van der Waals surface area contributed by atoms with E-state index in [1.54, 1.807) is 11.8 Å². The Morgan fingerprint density at radius 3 is 2.67 bits per heavy atom. The first-order valence-electron chi connectivity index (χ1n) is 6.97. The lowest BCUT2D eigenvalue weighted by atomic mass is 10.1. The summed E-state index contributed by atoms with van der Waals surface area (Å²) in [7, 11) is 0. The first-order chi connectivity index (χ1) is 10.2. The van der Waals surface area contributed by atoms with Crippen molar-refractivity contribution in [2.75, 3.05) is 10.7 Å². The summed E-state index contributed by atoms with van der Waals surface area (Å²) in [5.74, 6) is 0.710. The number of rotatable bonds is 3. The Morgan fingerprint density at radius 2 is 2.00 bits per heavy atom. The number of carbonyl (C=O) groups excluding carboxylic acids is 1. The van der Waals surface area contributed by atoms with Gasteiger partial charge < -0.3 is 0 Å². The van der Waals surface area contributed by atoms with Crippen LogP contribution in [-0.4, -0.2) is 11.7 Å². The van der Waals surface area contributed by atoms with Gasteiger partial charge in [-0.3, -0.25) is 9.69 Å². The number of nitrogens with zero attached hydrogens (tertiary/aromatic N) is 1. The van der Waals surface area contributed by atoms with E-state index in [0.717, 1.165) is 22.1 Å². The van der Waals surface area contributed by atoms with E-state index in [2.05, 4.69) is 47.1 Å². The fourth-order valence-corrected chi connectivity index (χ4v) is 4.09. The van der Waals surface area contributed by atoms with Crippen LogP contribution in [-0.2, 0) is 11.2 Å². The van der Waals surface area contributed by atoms with Crippen molar-refractivity contribution >= 4 is 39.3 Å². The lowest BCUT2D eigenvalue weighted by Crippen LogP contribution is -2.27. The molecule has 21 heavy (non-hydrogen) atoms. The molecular formula is C17H16BrNOS. The molecule has 108 valence electrons. The molecule has 0 radical (unpaired) electrons. The van der Waals surface area contributed by atoms with Gasteiger partial charge in [0.25, 0.3) is 0 Å². The van der Waals surface area contributed by atoms with Crippen LogP contribution in [0.5, 0.6) is 0 Å². The zero-order chi connectivity index (χ0) is 14.8. The summed E-state index contributed by atoms with van der Waals surface area (Å²) < 4.78 is 1.04. The largest absolute Gasteiger partial charge is 0.295 e. The Bertz CT molecular complexity index is 656.